The van der Waals surface area contributed by atoms with Gasteiger partial charge in [0.25, 0.3) is 0 Å². The number of rotatable bonds is 6. The number of nitrogens with two attached hydrogens (primary N) is 1. The van der Waals surface area contributed by atoms with E-state index in [9.17, 15) is 0 Å². The second-order valence-electron chi connectivity index (χ2n) is 6.36. The molecule has 0 bridgehead atoms. The van der Waals surface area contributed by atoms with Crippen molar-refractivity contribution in [1.82, 2.24) is 9.97 Å². The molecule has 0 saturated carbocycles. The van der Waals surface area contributed by atoms with Crippen LogP contribution in [0.25, 0.3) is 0 Å². The van der Waals surface area contributed by atoms with E-state index in [1.807, 2.05) is 18.2 Å². The highest BCUT2D eigenvalue weighted by Crippen LogP contribution is 2.24. The Balaban J connectivity index is 1.67. The molecule has 3 N–H and O–H groups in total. The van der Waals surface area contributed by atoms with Crippen LogP contribution in [-0.2, 0) is 6.42 Å². The Hall–Kier alpha value is -1.76. The van der Waals surface area contributed by atoms with Crippen molar-refractivity contribution < 1.29 is 4.74 Å². The van der Waals surface area contributed by atoms with Crippen LogP contribution in [0.5, 0.6) is 6.01 Å². The lowest BCUT2D eigenvalue weighted by atomic mass is 10.1. The fraction of sp³-hybridized carbons (Fsp3) is 0.444. The molecule has 1 fully saturated rings. The minimum Gasteiger partial charge on any atom is -0.467 e. The van der Waals surface area contributed by atoms with Crippen LogP contribution in [0.4, 0.5) is 11.6 Å². The zero-order chi connectivity index (χ0) is 18.5. The molecule has 1 aromatic heterocycles. The number of halogens is 2. The van der Waals surface area contributed by atoms with Crippen LogP contribution in [0.3, 0.4) is 0 Å². The van der Waals surface area contributed by atoms with Crippen LogP contribution in [0, 0.1) is 0 Å². The summed E-state index contributed by atoms with van der Waals surface area (Å²) < 4.78 is 5.25. The Labute approximate surface area is 163 Å². The van der Waals surface area contributed by atoms with Gasteiger partial charge in [0, 0.05) is 41.8 Å². The number of piperidine rings is 1. The zero-order valence-corrected chi connectivity index (χ0v) is 16.2. The number of nitrogens with one attached hydrogen (secondary N) is 1. The highest BCUT2D eigenvalue weighted by atomic mass is 35.5. The fourth-order valence-corrected chi connectivity index (χ4v) is 3.53. The van der Waals surface area contributed by atoms with E-state index in [2.05, 4.69) is 20.2 Å². The van der Waals surface area contributed by atoms with Crippen molar-refractivity contribution in [3.05, 3.63) is 39.9 Å². The quantitative estimate of drug-likeness (QED) is 0.780. The minimum atomic E-state index is 0.174. The summed E-state index contributed by atoms with van der Waals surface area (Å²) in [6.07, 6.45) is 2.86. The number of hydrogen-bond donors (Lipinski definition) is 2. The Kier molecular flexibility index (Phi) is 6.40. The van der Waals surface area contributed by atoms with Crippen molar-refractivity contribution in [2.24, 2.45) is 5.73 Å². The van der Waals surface area contributed by atoms with E-state index in [0.29, 0.717) is 22.6 Å². The first-order valence-corrected chi connectivity index (χ1v) is 9.42. The second-order valence-corrected chi connectivity index (χ2v) is 7.20. The lowest BCUT2D eigenvalue weighted by Crippen LogP contribution is -2.43. The summed E-state index contributed by atoms with van der Waals surface area (Å²) in [6, 6.07) is 7.98. The van der Waals surface area contributed by atoms with E-state index in [4.69, 9.17) is 33.7 Å². The number of nitrogens with zero attached hydrogens (tertiary/aromatic N) is 3. The monoisotopic (exact) mass is 395 g/mol. The summed E-state index contributed by atoms with van der Waals surface area (Å²) in [5.41, 5.74) is 7.12. The molecular weight excluding hydrogens is 373 g/mol. The molecule has 0 spiro atoms. The minimum absolute atomic E-state index is 0.174. The molecular formula is C18H23Cl2N5O. The van der Waals surface area contributed by atoms with Crippen molar-refractivity contribution >= 4 is 34.8 Å². The lowest BCUT2D eigenvalue weighted by molar-refractivity contribution is 0.379. The fourth-order valence-electron chi connectivity index (χ4n) is 3.02. The van der Waals surface area contributed by atoms with Crippen LogP contribution >= 0.6 is 23.2 Å². The van der Waals surface area contributed by atoms with Gasteiger partial charge in [-0.05, 0) is 37.0 Å². The summed E-state index contributed by atoms with van der Waals surface area (Å²) in [4.78, 5) is 11.0. The molecule has 1 atom stereocenters. The average Bonchev–Trinajstić information content (AvgIpc) is 2.63. The third-order valence-electron chi connectivity index (χ3n) is 4.37. The van der Waals surface area contributed by atoms with Crippen LogP contribution in [0.15, 0.2) is 24.3 Å². The molecule has 3 rings (SSSR count). The summed E-state index contributed by atoms with van der Waals surface area (Å²) >= 11 is 12.2. The van der Waals surface area contributed by atoms with Crippen LogP contribution < -0.4 is 20.7 Å². The summed E-state index contributed by atoms with van der Waals surface area (Å²) in [7, 11) is 1.57. The molecule has 0 radical (unpaired) electrons. The van der Waals surface area contributed by atoms with Crippen molar-refractivity contribution in [3.63, 3.8) is 0 Å². The maximum Gasteiger partial charge on any atom is 0.320 e. The molecule has 0 aliphatic carbocycles. The summed E-state index contributed by atoms with van der Waals surface area (Å²) in [5, 5.41) is 4.62. The smallest absolute Gasteiger partial charge is 0.320 e. The number of ether oxygens (including phenoxy) is 1. The lowest BCUT2D eigenvalue weighted by Gasteiger charge is -2.31. The van der Waals surface area contributed by atoms with Crippen molar-refractivity contribution in [1.29, 1.82) is 0 Å². The zero-order valence-electron chi connectivity index (χ0n) is 14.7. The van der Waals surface area contributed by atoms with Crippen LogP contribution in [0.2, 0.25) is 10.0 Å². The SMILES string of the molecule is COc1nc(NCCc2ccc(Cl)cc2Cl)cc(N2CCCC(N)C2)n1. The number of hydrogen-bond acceptors (Lipinski definition) is 6. The van der Waals surface area contributed by atoms with E-state index in [1.54, 1.807) is 13.2 Å². The van der Waals surface area contributed by atoms with Gasteiger partial charge in [0.1, 0.15) is 11.6 Å². The molecule has 8 heteroatoms. The van der Waals surface area contributed by atoms with Gasteiger partial charge in [-0.15, -0.1) is 0 Å². The summed E-state index contributed by atoms with van der Waals surface area (Å²) in [6.45, 7) is 2.41. The first-order chi connectivity index (χ1) is 12.5. The molecule has 2 aromatic rings. The van der Waals surface area contributed by atoms with Gasteiger partial charge in [-0.3, -0.25) is 0 Å². The summed E-state index contributed by atoms with van der Waals surface area (Å²) in [5.74, 6) is 1.55. The Morgan fingerprint density at radius 3 is 2.88 bits per heavy atom. The van der Waals surface area contributed by atoms with E-state index < -0.39 is 0 Å². The van der Waals surface area contributed by atoms with Crippen molar-refractivity contribution in [2.75, 3.05) is 37.0 Å². The Morgan fingerprint density at radius 1 is 1.31 bits per heavy atom. The normalized spacial score (nSPS) is 17.2. The molecule has 140 valence electrons. The topological polar surface area (TPSA) is 76.3 Å². The van der Waals surface area contributed by atoms with Gasteiger partial charge in [-0.2, -0.15) is 9.97 Å². The predicted molar refractivity (Wildman–Crippen MR) is 107 cm³/mol. The first-order valence-electron chi connectivity index (χ1n) is 8.66. The maximum atomic E-state index is 6.22. The number of anilines is 2. The molecule has 2 heterocycles. The largest absolute Gasteiger partial charge is 0.467 e. The van der Waals surface area contributed by atoms with Gasteiger partial charge < -0.3 is 20.7 Å². The molecule has 1 saturated heterocycles. The average molecular weight is 396 g/mol. The van der Waals surface area contributed by atoms with Crippen molar-refractivity contribution in [2.45, 2.75) is 25.3 Å². The Bertz CT molecular complexity index is 758. The predicted octanol–water partition coefficient (Wildman–Crippen LogP) is 3.37. The van der Waals surface area contributed by atoms with E-state index >= 15 is 0 Å². The standard InChI is InChI=1S/C18H23Cl2N5O/c1-26-18-23-16(10-17(24-18)25-8-2-3-14(21)11-25)22-7-6-12-4-5-13(19)9-15(12)20/h4-5,9-10,14H,2-3,6-8,11,21H2,1H3,(H,22,23,24). The van der Waals surface area contributed by atoms with Gasteiger partial charge in [0.15, 0.2) is 0 Å². The molecule has 6 nitrogen and oxygen atoms in total. The molecule has 1 aromatic carbocycles. The molecule has 1 aliphatic heterocycles. The van der Waals surface area contributed by atoms with Crippen molar-refractivity contribution in [3.8, 4) is 6.01 Å². The van der Waals surface area contributed by atoms with Gasteiger partial charge in [-0.25, -0.2) is 0 Å². The maximum absolute atomic E-state index is 6.22. The number of methoxy groups -OCH3 is 1. The first kappa shape index (κ1) is 19.0. The third-order valence-corrected chi connectivity index (χ3v) is 4.96. The second kappa shape index (κ2) is 8.75. The number of benzene rings is 1. The van der Waals surface area contributed by atoms with Gasteiger partial charge >= 0.3 is 6.01 Å². The highest BCUT2D eigenvalue weighted by molar-refractivity contribution is 6.35. The van der Waals surface area contributed by atoms with Crippen LogP contribution in [-0.4, -0.2) is 42.8 Å². The van der Waals surface area contributed by atoms with E-state index in [1.165, 1.54) is 0 Å². The molecule has 1 unspecified atom stereocenters. The molecule has 0 amide bonds. The van der Waals surface area contributed by atoms with Gasteiger partial charge in [0.05, 0.1) is 7.11 Å². The van der Waals surface area contributed by atoms with Gasteiger partial charge in [-0.1, -0.05) is 29.3 Å². The van der Waals surface area contributed by atoms with E-state index in [-0.39, 0.29) is 6.04 Å². The molecule has 1 aliphatic rings. The third kappa shape index (κ3) is 4.90. The number of aromatic nitrogens is 2. The molecule has 26 heavy (non-hydrogen) atoms. The highest BCUT2D eigenvalue weighted by Gasteiger charge is 2.19. The van der Waals surface area contributed by atoms with Crippen LogP contribution in [0.1, 0.15) is 18.4 Å². The van der Waals surface area contributed by atoms with Gasteiger partial charge in [0.2, 0.25) is 0 Å². The Morgan fingerprint density at radius 2 is 2.15 bits per heavy atom. The van der Waals surface area contributed by atoms with E-state index in [0.717, 1.165) is 49.6 Å².